The van der Waals surface area contributed by atoms with Gasteiger partial charge in [0.15, 0.2) is 0 Å². The molecule has 0 aliphatic heterocycles. The Hall–Kier alpha value is -1.05. The van der Waals surface area contributed by atoms with E-state index in [0.29, 0.717) is 12.2 Å². The van der Waals surface area contributed by atoms with Gasteiger partial charge < -0.3 is 4.74 Å². The molecule has 0 fully saturated rings. The van der Waals surface area contributed by atoms with Gasteiger partial charge >= 0.3 is 5.97 Å². The van der Waals surface area contributed by atoms with Crippen LogP contribution in [0.1, 0.15) is 33.6 Å². The van der Waals surface area contributed by atoms with Crippen molar-refractivity contribution < 1.29 is 9.53 Å². The molecular weight excluding hydrogens is 164 g/mol. The lowest BCUT2D eigenvalue weighted by Crippen LogP contribution is -2.04. The monoisotopic (exact) mass is 182 g/mol. The Kier molecular flexibility index (Phi) is 6.98. The second-order valence-corrected chi connectivity index (χ2v) is 2.79. The van der Waals surface area contributed by atoms with Crippen molar-refractivity contribution >= 4 is 5.97 Å². The minimum absolute atomic E-state index is 0.233. The number of rotatable bonds is 5. The second-order valence-electron chi connectivity index (χ2n) is 2.79. The topological polar surface area (TPSA) is 26.3 Å². The van der Waals surface area contributed by atoms with E-state index < -0.39 is 0 Å². The molecule has 0 unspecified atom stereocenters. The van der Waals surface area contributed by atoms with Crippen molar-refractivity contribution in [1.82, 2.24) is 0 Å². The highest BCUT2D eigenvalue weighted by Gasteiger charge is 2.01. The molecule has 0 aliphatic rings. The lowest BCUT2D eigenvalue weighted by atomic mass is 10.2. The van der Waals surface area contributed by atoms with E-state index in [1.807, 2.05) is 12.2 Å². The Morgan fingerprint density at radius 2 is 2.08 bits per heavy atom. The maximum absolute atomic E-state index is 11.1. The molecule has 0 aromatic rings. The van der Waals surface area contributed by atoms with Crippen LogP contribution in [0.5, 0.6) is 0 Å². The van der Waals surface area contributed by atoms with Crippen molar-refractivity contribution in [2.45, 2.75) is 33.6 Å². The third kappa shape index (κ3) is 6.14. The first-order valence-electron chi connectivity index (χ1n) is 4.72. The molecule has 0 amide bonds. The summed E-state index contributed by atoms with van der Waals surface area (Å²) in [7, 11) is 0. The van der Waals surface area contributed by atoms with Crippen molar-refractivity contribution in [3.63, 3.8) is 0 Å². The zero-order valence-corrected chi connectivity index (χ0v) is 8.67. The van der Waals surface area contributed by atoms with Gasteiger partial charge in [0, 0.05) is 5.57 Å². The molecule has 2 nitrogen and oxygen atoms in total. The molecule has 0 aromatic carbocycles. The lowest BCUT2D eigenvalue weighted by molar-refractivity contribution is -0.138. The molecule has 0 aromatic heterocycles. The molecule has 0 bridgehead atoms. The Balaban J connectivity index is 3.93. The highest BCUT2D eigenvalue weighted by Crippen LogP contribution is 1.98. The maximum Gasteiger partial charge on any atom is 0.333 e. The number of hydrogen-bond donors (Lipinski definition) is 0. The standard InChI is InChI=1S/C11H18O2/c1-4-6-7-8-9-10(3)11(12)13-5-2/h7-9H,4-6H2,1-3H3/b8-7+,10-9+. The van der Waals surface area contributed by atoms with Crippen LogP contribution in [-0.4, -0.2) is 12.6 Å². The smallest absolute Gasteiger partial charge is 0.333 e. The van der Waals surface area contributed by atoms with Gasteiger partial charge in [0.05, 0.1) is 6.61 Å². The van der Waals surface area contributed by atoms with Crippen molar-refractivity contribution in [1.29, 1.82) is 0 Å². The van der Waals surface area contributed by atoms with Crippen LogP contribution in [0.25, 0.3) is 0 Å². The van der Waals surface area contributed by atoms with E-state index in [1.54, 1.807) is 19.9 Å². The summed E-state index contributed by atoms with van der Waals surface area (Å²) in [5, 5.41) is 0. The van der Waals surface area contributed by atoms with E-state index in [4.69, 9.17) is 4.74 Å². The van der Waals surface area contributed by atoms with E-state index in [2.05, 4.69) is 6.92 Å². The minimum atomic E-state index is -0.233. The van der Waals surface area contributed by atoms with Gasteiger partial charge in [-0.05, 0) is 20.3 Å². The summed E-state index contributed by atoms with van der Waals surface area (Å²) in [5.74, 6) is -0.233. The van der Waals surface area contributed by atoms with Crippen molar-refractivity contribution in [3.05, 3.63) is 23.8 Å². The molecule has 2 heteroatoms. The quantitative estimate of drug-likeness (QED) is 0.371. The first-order chi connectivity index (χ1) is 6.22. The first-order valence-corrected chi connectivity index (χ1v) is 4.72. The Morgan fingerprint density at radius 1 is 1.38 bits per heavy atom. The molecule has 0 rings (SSSR count). The van der Waals surface area contributed by atoms with E-state index >= 15 is 0 Å². The number of esters is 1. The van der Waals surface area contributed by atoms with Crippen LogP contribution in [0.4, 0.5) is 0 Å². The molecule has 13 heavy (non-hydrogen) atoms. The third-order valence-electron chi connectivity index (χ3n) is 1.54. The van der Waals surface area contributed by atoms with Gasteiger partial charge in [0.25, 0.3) is 0 Å². The summed E-state index contributed by atoms with van der Waals surface area (Å²) in [6.45, 7) is 6.11. The van der Waals surface area contributed by atoms with Crippen LogP contribution < -0.4 is 0 Å². The Labute approximate surface area is 80.3 Å². The summed E-state index contributed by atoms with van der Waals surface area (Å²) in [6, 6.07) is 0. The van der Waals surface area contributed by atoms with Crippen molar-refractivity contribution in [2.24, 2.45) is 0 Å². The molecule has 0 radical (unpaired) electrons. The average molecular weight is 182 g/mol. The molecule has 0 saturated heterocycles. The van der Waals surface area contributed by atoms with Gasteiger partial charge in [-0.3, -0.25) is 0 Å². The number of ether oxygens (including phenoxy) is 1. The van der Waals surface area contributed by atoms with E-state index in [-0.39, 0.29) is 5.97 Å². The van der Waals surface area contributed by atoms with Gasteiger partial charge in [-0.15, -0.1) is 0 Å². The SMILES string of the molecule is CCC/C=C/C=C(\C)C(=O)OCC. The number of carbonyl (C=O) groups excluding carboxylic acids is 1. The summed E-state index contributed by atoms with van der Waals surface area (Å²) >= 11 is 0. The summed E-state index contributed by atoms with van der Waals surface area (Å²) in [5.41, 5.74) is 0.647. The van der Waals surface area contributed by atoms with Crippen molar-refractivity contribution in [2.75, 3.05) is 6.61 Å². The summed E-state index contributed by atoms with van der Waals surface area (Å²) in [6.07, 6.45) is 7.90. The molecule has 0 saturated carbocycles. The van der Waals surface area contributed by atoms with Crippen LogP contribution in [0, 0.1) is 0 Å². The average Bonchev–Trinajstić information content (AvgIpc) is 2.12. The predicted octanol–water partition coefficient (Wildman–Crippen LogP) is 2.85. The van der Waals surface area contributed by atoms with Gasteiger partial charge in [-0.1, -0.05) is 31.6 Å². The van der Waals surface area contributed by atoms with Crippen LogP contribution in [0.2, 0.25) is 0 Å². The number of carbonyl (C=O) groups is 1. The minimum Gasteiger partial charge on any atom is -0.463 e. The Morgan fingerprint density at radius 3 is 2.62 bits per heavy atom. The zero-order chi connectivity index (χ0) is 10.1. The molecule has 0 heterocycles. The summed E-state index contributed by atoms with van der Waals surface area (Å²) in [4.78, 5) is 11.1. The predicted molar refractivity (Wildman–Crippen MR) is 54.4 cm³/mol. The van der Waals surface area contributed by atoms with Crippen LogP contribution in [0.3, 0.4) is 0 Å². The van der Waals surface area contributed by atoms with Gasteiger partial charge in [-0.25, -0.2) is 4.79 Å². The lowest BCUT2D eigenvalue weighted by Gasteiger charge is -1.99. The molecule has 0 atom stereocenters. The molecule has 0 aliphatic carbocycles. The Bertz CT molecular complexity index is 202. The molecule has 0 N–H and O–H groups in total. The fourth-order valence-electron chi connectivity index (χ4n) is 0.788. The number of unbranched alkanes of at least 4 members (excludes halogenated alkanes) is 1. The van der Waals surface area contributed by atoms with Crippen LogP contribution in [0.15, 0.2) is 23.8 Å². The second kappa shape index (κ2) is 7.59. The zero-order valence-electron chi connectivity index (χ0n) is 8.67. The van der Waals surface area contributed by atoms with Crippen LogP contribution >= 0.6 is 0 Å². The van der Waals surface area contributed by atoms with Gasteiger partial charge in [0.2, 0.25) is 0 Å². The van der Waals surface area contributed by atoms with E-state index in [9.17, 15) is 4.79 Å². The molecule has 0 spiro atoms. The summed E-state index contributed by atoms with van der Waals surface area (Å²) < 4.78 is 4.82. The largest absolute Gasteiger partial charge is 0.463 e. The number of hydrogen-bond acceptors (Lipinski definition) is 2. The van der Waals surface area contributed by atoms with E-state index in [1.165, 1.54) is 0 Å². The van der Waals surface area contributed by atoms with E-state index in [0.717, 1.165) is 12.8 Å². The molecule has 74 valence electrons. The molecular formula is C11H18O2. The van der Waals surface area contributed by atoms with Crippen LogP contribution in [-0.2, 0) is 9.53 Å². The van der Waals surface area contributed by atoms with Crippen molar-refractivity contribution in [3.8, 4) is 0 Å². The fourth-order valence-corrected chi connectivity index (χ4v) is 0.788. The third-order valence-corrected chi connectivity index (χ3v) is 1.54. The van der Waals surface area contributed by atoms with Gasteiger partial charge in [-0.2, -0.15) is 0 Å². The van der Waals surface area contributed by atoms with Gasteiger partial charge in [0.1, 0.15) is 0 Å². The first kappa shape index (κ1) is 11.9. The highest BCUT2D eigenvalue weighted by atomic mass is 16.5. The highest BCUT2D eigenvalue weighted by molar-refractivity contribution is 5.88. The normalized spacial score (nSPS) is 12.1. The number of allylic oxidation sites excluding steroid dienone is 3. The fraction of sp³-hybridized carbons (Fsp3) is 0.545. The maximum atomic E-state index is 11.1.